The van der Waals surface area contributed by atoms with Gasteiger partial charge < -0.3 is 0 Å². The van der Waals surface area contributed by atoms with Gasteiger partial charge in [-0.2, -0.15) is 8.42 Å². The van der Waals surface area contributed by atoms with Gasteiger partial charge in [0.1, 0.15) is 0 Å². The normalized spacial score (nSPS) is 20.0. The molecule has 0 spiro atoms. The fourth-order valence-corrected chi connectivity index (χ4v) is 3.70. The number of fused-ring (bicyclic) bond motifs is 1. The van der Waals surface area contributed by atoms with Gasteiger partial charge in [0.25, 0.3) is 10.2 Å². The lowest BCUT2D eigenvalue weighted by Gasteiger charge is -2.32. The largest absolute Gasteiger partial charge is 0.299 e. The minimum absolute atomic E-state index is 0.296. The lowest BCUT2D eigenvalue weighted by molar-refractivity contribution is 0.169. The van der Waals surface area contributed by atoms with Crippen molar-refractivity contribution in [2.45, 2.75) is 19.4 Å². The minimum Gasteiger partial charge on any atom is -0.299 e. The molecule has 23 heavy (non-hydrogen) atoms. The second-order valence-corrected chi connectivity index (χ2v) is 7.51. The van der Waals surface area contributed by atoms with Gasteiger partial charge in [0, 0.05) is 31.2 Å². The quantitative estimate of drug-likeness (QED) is 0.861. The van der Waals surface area contributed by atoms with Gasteiger partial charge in [-0.1, -0.05) is 24.3 Å². The van der Waals surface area contributed by atoms with Gasteiger partial charge in [-0.25, -0.2) is 9.86 Å². The zero-order valence-electron chi connectivity index (χ0n) is 13.0. The number of benzene rings is 1. The molecule has 1 aromatic heterocycles. The summed E-state index contributed by atoms with van der Waals surface area (Å²) in [4.78, 5) is 6.86. The van der Waals surface area contributed by atoms with Crippen LogP contribution in [0.2, 0.25) is 0 Å². The second kappa shape index (κ2) is 6.92. The van der Waals surface area contributed by atoms with Gasteiger partial charge in [0.05, 0.1) is 5.52 Å². The van der Waals surface area contributed by atoms with Crippen molar-refractivity contribution in [2.24, 2.45) is 11.1 Å². The van der Waals surface area contributed by atoms with Crippen LogP contribution in [0.4, 0.5) is 0 Å². The molecule has 1 aromatic carbocycles. The Balaban J connectivity index is 1.67. The van der Waals surface area contributed by atoms with Crippen LogP contribution in [0.5, 0.6) is 0 Å². The topological polar surface area (TPSA) is 88.3 Å². The van der Waals surface area contributed by atoms with Crippen LogP contribution in [-0.2, 0) is 16.8 Å². The summed E-state index contributed by atoms with van der Waals surface area (Å²) in [6.45, 7) is 3.13. The second-order valence-electron chi connectivity index (χ2n) is 6.13. The van der Waals surface area contributed by atoms with Crippen LogP contribution in [-0.4, -0.2) is 37.9 Å². The first kappa shape index (κ1) is 16.3. The maximum atomic E-state index is 11.0. The van der Waals surface area contributed by atoms with Crippen molar-refractivity contribution in [3.05, 3.63) is 42.1 Å². The molecule has 3 rings (SSSR count). The molecule has 0 saturated carbocycles. The molecule has 0 unspecified atom stereocenters. The van der Waals surface area contributed by atoms with E-state index in [1.807, 2.05) is 12.3 Å². The van der Waals surface area contributed by atoms with E-state index >= 15 is 0 Å². The number of pyridine rings is 1. The molecule has 0 radical (unpaired) electrons. The van der Waals surface area contributed by atoms with Gasteiger partial charge >= 0.3 is 0 Å². The highest BCUT2D eigenvalue weighted by atomic mass is 32.2. The molecule has 2 heterocycles. The van der Waals surface area contributed by atoms with Gasteiger partial charge in [-0.05, 0) is 36.9 Å². The molecule has 1 atom stereocenters. The Labute approximate surface area is 136 Å². The van der Waals surface area contributed by atoms with E-state index in [2.05, 4.69) is 38.9 Å². The molecular formula is C16H22N4O2S. The first-order valence-corrected chi connectivity index (χ1v) is 9.38. The Morgan fingerprint density at radius 1 is 1.30 bits per heavy atom. The minimum atomic E-state index is -3.61. The number of nitrogens with two attached hydrogens (primary N) is 1. The monoisotopic (exact) mass is 334 g/mol. The third kappa shape index (κ3) is 4.48. The summed E-state index contributed by atoms with van der Waals surface area (Å²) in [6, 6.07) is 10.3. The summed E-state index contributed by atoms with van der Waals surface area (Å²) in [5.41, 5.74) is 2.25. The Bertz CT molecular complexity index is 773. The van der Waals surface area contributed by atoms with Crippen LogP contribution in [0.15, 0.2) is 36.5 Å². The number of likely N-dealkylation sites (tertiary alicyclic amines) is 1. The van der Waals surface area contributed by atoms with Gasteiger partial charge in [0.2, 0.25) is 0 Å². The number of nitrogens with zero attached hydrogens (tertiary/aromatic N) is 2. The molecule has 3 N–H and O–H groups in total. The van der Waals surface area contributed by atoms with Crippen molar-refractivity contribution in [1.29, 1.82) is 0 Å². The van der Waals surface area contributed by atoms with Crippen LogP contribution >= 0.6 is 0 Å². The Kier molecular flexibility index (Phi) is 4.91. The lowest BCUT2D eigenvalue weighted by atomic mass is 9.97. The molecule has 1 aliphatic rings. The summed E-state index contributed by atoms with van der Waals surface area (Å²) < 4.78 is 24.5. The standard InChI is InChI=1S/C16H22N4O2S/c17-23(21,22)19-10-13-4-3-9-20(11-13)12-15-6-1-5-14-7-2-8-18-16(14)15/h1-2,5-8,13,19H,3-4,9-12H2,(H2,17,21,22)/t13-/m0/s1. The van der Waals surface area contributed by atoms with Crippen LogP contribution in [0, 0.1) is 5.92 Å². The maximum absolute atomic E-state index is 11.0. The predicted molar refractivity (Wildman–Crippen MR) is 90.9 cm³/mol. The highest BCUT2D eigenvalue weighted by molar-refractivity contribution is 7.87. The highest BCUT2D eigenvalue weighted by Gasteiger charge is 2.21. The molecule has 7 heteroatoms. The van der Waals surface area contributed by atoms with Crippen molar-refractivity contribution in [3.63, 3.8) is 0 Å². The lowest BCUT2D eigenvalue weighted by Crippen LogP contribution is -2.42. The van der Waals surface area contributed by atoms with Crippen molar-refractivity contribution >= 4 is 21.1 Å². The van der Waals surface area contributed by atoms with E-state index in [1.165, 1.54) is 5.56 Å². The Morgan fingerprint density at radius 3 is 2.96 bits per heavy atom. The molecule has 0 aliphatic carbocycles. The maximum Gasteiger partial charge on any atom is 0.274 e. The molecule has 6 nitrogen and oxygen atoms in total. The zero-order chi connectivity index (χ0) is 16.3. The van der Waals surface area contributed by atoms with E-state index < -0.39 is 10.2 Å². The Morgan fingerprint density at radius 2 is 2.13 bits per heavy atom. The molecule has 1 fully saturated rings. The number of piperidine rings is 1. The fourth-order valence-electron chi connectivity index (χ4n) is 3.23. The van der Waals surface area contributed by atoms with Crippen LogP contribution in [0.3, 0.4) is 0 Å². The third-order valence-electron chi connectivity index (χ3n) is 4.29. The molecule has 1 saturated heterocycles. The van der Waals surface area contributed by atoms with E-state index in [0.29, 0.717) is 12.5 Å². The summed E-state index contributed by atoms with van der Waals surface area (Å²) in [5.74, 6) is 0.296. The molecule has 124 valence electrons. The summed E-state index contributed by atoms with van der Waals surface area (Å²) >= 11 is 0. The van der Waals surface area contributed by atoms with Gasteiger partial charge in [-0.15, -0.1) is 0 Å². The first-order valence-electron chi connectivity index (χ1n) is 7.83. The highest BCUT2D eigenvalue weighted by Crippen LogP contribution is 2.22. The van der Waals surface area contributed by atoms with Crippen LogP contribution in [0.1, 0.15) is 18.4 Å². The Hall–Kier alpha value is -1.54. The molecule has 0 amide bonds. The van der Waals surface area contributed by atoms with Crippen molar-refractivity contribution in [1.82, 2.24) is 14.6 Å². The van der Waals surface area contributed by atoms with E-state index in [1.54, 1.807) is 0 Å². The van der Waals surface area contributed by atoms with Crippen molar-refractivity contribution in [3.8, 4) is 0 Å². The first-order chi connectivity index (χ1) is 11.0. The summed E-state index contributed by atoms with van der Waals surface area (Å²) in [6.07, 6.45) is 3.91. The fraction of sp³-hybridized carbons (Fsp3) is 0.438. The average Bonchev–Trinajstić information content (AvgIpc) is 2.53. The molecular weight excluding hydrogens is 312 g/mol. The zero-order valence-corrected chi connectivity index (χ0v) is 13.8. The number of nitrogens with one attached hydrogen (secondary N) is 1. The average molecular weight is 334 g/mol. The van der Waals surface area contributed by atoms with Crippen molar-refractivity contribution < 1.29 is 8.42 Å². The third-order valence-corrected chi connectivity index (χ3v) is 4.86. The van der Waals surface area contributed by atoms with Gasteiger partial charge in [-0.3, -0.25) is 9.88 Å². The van der Waals surface area contributed by atoms with E-state index in [0.717, 1.165) is 43.4 Å². The number of rotatable bonds is 5. The number of hydrogen-bond donors (Lipinski definition) is 2. The number of aromatic nitrogens is 1. The van der Waals surface area contributed by atoms with Crippen LogP contribution < -0.4 is 9.86 Å². The molecule has 2 aromatic rings. The van der Waals surface area contributed by atoms with Gasteiger partial charge in [0.15, 0.2) is 0 Å². The smallest absolute Gasteiger partial charge is 0.274 e. The van der Waals surface area contributed by atoms with E-state index in [4.69, 9.17) is 5.14 Å². The van der Waals surface area contributed by atoms with Crippen LogP contribution in [0.25, 0.3) is 10.9 Å². The number of para-hydroxylation sites is 1. The molecule has 0 bridgehead atoms. The summed E-state index contributed by atoms with van der Waals surface area (Å²) in [5, 5.41) is 6.16. The van der Waals surface area contributed by atoms with E-state index in [-0.39, 0.29) is 0 Å². The van der Waals surface area contributed by atoms with Crippen molar-refractivity contribution in [2.75, 3.05) is 19.6 Å². The SMILES string of the molecule is NS(=O)(=O)NC[C@@H]1CCCN(Cc2cccc3cccnc23)C1. The predicted octanol–water partition coefficient (Wildman–Crippen LogP) is 1.24. The number of hydrogen-bond acceptors (Lipinski definition) is 4. The molecule has 1 aliphatic heterocycles. The summed E-state index contributed by atoms with van der Waals surface area (Å²) in [7, 11) is -3.61. The van der Waals surface area contributed by atoms with E-state index in [9.17, 15) is 8.42 Å².